The Hall–Kier alpha value is -2.63. The molecule has 140 valence electrons. The molecule has 1 heterocycles. The van der Waals surface area contributed by atoms with Crippen LogP contribution in [0.2, 0.25) is 5.02 Å². The summed E-state index contributed by atoms with van der Waals surface area (Å²) in [6.45, 7) is 0. The molecule has 27 heavy (non-hydrogen) atoms. The fraction of sp³-hybridized carbons (Fsp3) is 0.0667. The number of nitro groups is 1. The summed E-state index contributed by atoms with van der Waals surface area (Å²) >= 11 is 7.00. The van der Waals surface area contributed by atoms with Crippen molar-refractivity contribution in [2.75, 3.05) is 5.73 Å². The number of hydrogen-bond donors (Lipinski definition) is 1. The molecule has 0 saturated heterocycles. The summed E-state index contributed by atoms with van der Waals surface area (Å²) in [6, 6.07) is 12.1. The SMILES string of the molecule is Nc1nc(SCc2ccc(Cl)cc2)nn1S(=O)(=O)c1ccccc1[N+](=O)[O-]. The Morgan fingerprint density at radius 1 is 1.19 bits per heavy atom. The van der Waals surface area contributed by atoms with E-state index in [0.717, 1.165) is 17.7 Å². The minimum Gasteiger partial charge on any atom is -0.367 e. The zero-order valence-corrected chi connectivity index (χ0v) is 15.9. The molecule has 3 rings (SSSR count). The van der Waals surface area contributed by atoms with Crippen LogP contribution in [0, 0.1) is 10.1 Å². The molecule has 0 fully saturated rings. The van der Waals surface area contributed by atoms with Gasteiger partial charge in [-0.25, -0.2) is 0 Å². The fourth-order valence-corrected chi connectivity index (χ4v) is 4.46. The van der Waals surface area contributed by atoms with Crippen molar-refractivity contribution in [3.63, 3.8) is 0 Å². The van der Waals surface area contributed by atoms with Gasteiger partial charge in [0.15, 0.2) is 4.90 Å². The van der Waals surface area contributed by atoms with Crippen LogP contribution < -0.4 is 5.73 Å². The lowest BCUT2D eigenvalue weighted by Crippen LogP contribution is -2.18. The largest absolute Gasteiger partial charge is 0.367 e. The molecule has 2 aromatic carbocycles. The van der Waals surface area contributed by atoms with E-state index in [-0.39, 0.29) is 11.1 Å². The maximum atomic E-state index is 12.8. The number of aromatic nitrogens is 3. The highest BCUT2D eigenvalue weighted by atomic mass is 35.5. The first-order chi connectivity index (χ1) is 12.8. The van der Waals surface area contributed by atoms with Crippen LogP contribution >= 0.6 is 23.4 Å². The number of rotatable bonds is 6. The molecule has 1 aromatic heterocycles. The van der Waals surface area contributed by atoms with Crippen molar-refractivity contribution in [3.8, 4) is 0 Å². The number of halogens is 1. The van der Waals surface area contributed by atoms with Gasteiger partial charge in [0.25, 0.3) is 15.7 Å². The highest BCUT2D eigenvalue weighted by Gasteiger charge is 2.30. The molecule has 9 nitrogen and oxygen atoms in total. The molecule has 0 atom stereocenters. The molecule has 0 bridgehead atoms. The predicted molar refractivity (Wildman–Crippen MR) is 101 cm³/mol. The van der Waals surface area contributed by atoms with Gasteiger partial charge in [-0.3, -0.25) is 10.1 Å². The zero-order chi connectivity index (χ0) is 19.6. The van der Waals surface area contributed by atoms with Gasteiger partial charge < -0.3 is 5.73 Å². The van der Waals surface area contributed by atoms with Crippen LogP contribution in [0.5, 0.6) is 0 Å². The van der Waals surface area contributed by atoms with E-state index in [4.69, 9.17) is 17.3 Å². The molecule has 3 aromatic rings. The van der Waals surface area contributed by atoms with Crippen LogP contribution in [0.25, 0.3) is 0 Å². The summed E-state index contributed by atoms with van der Waals surface area (Å²) < 4.78 is 26.0. The van der Waals surface area contributed by atoms with E-state index >= 15 is 0 Å². The second kappa shape index (κ2) is 7.55. The first kappa shape index (κ1) is 19.1. The summed E-state index contributed by atoms with van der Waals surface area (Å²) in [5.74, 6) is 0.0818. The zero-order valence-electron chi connectivity index (χ0n) is 13.5. The molecule has 0 radical (unpaired) electrons. The highest BCUT2D eigenvalue weighted by molar-refractivity contribution is 7.98. The van der Waals surface area contributed by atoms with Gasteiger partial charge in [0.2, 0.25) is 11.1 Å². The molecular weight excluding hydrogens is 414 g/mol. The van der Waals surface area contributed by atoms with E-state index in [1.165, 1.54) is 23.9 Å². The second-order valence-corrected chi connectivity index (χ2v) is 8.36. The van der Waals surface area contributed by atoms with Crippen molar-refractivity contribution in [2.45, 2.75) is 15.8 Å². The average molecular weight is 426 g/mol. The van der Waals surface area contributed by atoms with Crippen molar-refractivity contribution in [3.05, 3.63) is 69.2 Å². The van der Waals surface area contributed by atoms with Gasteiger partial charge in [-0.05, 0) is 23.8 Å². The van der Waals surface area contributed by atoms with Crippen molar-refractivity contribution >= 4 is 45.0 Å². The predicted octanol–water partition coefficient (Wildman–Crippen LogP) is 2.95. The van der Waals surface area contributed by atoms with Crippen LogP contribution in [0.3, 0.4) is 0 Å². The lowest BCUT2D eigenvalue weighted by atomic mass is 10.2. The number of nitrogen functional groups attached to an aromatic ring is 1. The molecule has 0 amide bonds. The van der Waals surface area contributed by atoms with Crippen LogP contribution in [0.1, 0.15) is 5.56 Å². The standard InChI is InChI=1S/C15H12ClN5O4S2/c16-11-7-5-10(6-8-11)9-26-15-18-14(17)20(19-15)27(24,25)13-4-2-1-3-12(13)21(22)23/h1-8H,9H2,(H2,17,18,19). The Morgan fingerprint density at radius 2 is 1.85 bits per heavy atom. The van der Waals surface area contributed by atoms with Crippen molar-refractivity contribution in [1.29, 1.82) is 0 Å². The lowest BCUT2D eigenvalue weighted by Gasteiger charge is -2.05. The smallest absolute Gasteiger partial charge is 0.293 e. The number of nitro benzene ring substituents is 1. The molecule has 0 aliphatic heterocycles. The maximum absolute atomic E-state index is 12.8. The topological polar surface area (TPSA) is 134 Å². The first-order valence-corrected chi connectivity index (χ1v) is 10.2. The molecular formula is C15H12ClN5O4S2. The van der Waals surface area contributed by atoms with E-state index < -0.39 is 25.5 Å². The summed E-state index contributed by atoms with van der Waals surface area (Å²) in [4.78, 5) is 13.8. The normalized spacial score (nSPS) is 11.4. The summed E-state index contributed by atoms with van der Waals surface area (Å²) in [7, 11) is -4.37. The van der Waals surface area contributed by atoms with Gasteiger partial charge in [-0.2, -0.15) is 13.4 Å². The van der Waals surface area contributed by atoms with Crippen LogP contribution in [-0.2, 0) is 15.8 Å². The molecule has 12 heteroatoms. The molecule has 0 aliphatic carbocycles. The molecule has 2 N–H and O–H groups in total. The minimum absolute atomic E-state index is 0.129. The maximum Gasteiger partial charge on any atom is 0.293 e. The number of thioether (sulfide) groups is 1. The van der Waals surface area contributed by atoms with Crippen LogP contribution in [0.4, 0.5) is 11.6 Å². The third-order valence-electron chi connectivity index (χ3n) is 3.43. The van der Waals surface area contributed by atoms with E-state index in [1.807, 2.05) is 12.1 Å². The Kier molecular flexibility index (Phi) is 5.35. The second-order valence-electron chi connectivity index (χ2n) is 5.24. The Balaban J connectivity index is 1.89. The number of hydrogen-bond acceptors (Lipinski definition) is 8. The first-order valence-electron chi connectivity index (χ1n) is 7.38. The minimum atomic E-state index is -4.37. The summed E-state index contributed by atoms with van der Waals surface area (Å²) in [5, 5.41) is 15.8. The van der Waals surface area contributed by atoms with Gasteiger partial charge in [-0.15, -0.1) is 9.19 Å². The Bertz CT molecular complexity index is 1100. The highest BCUT2D eigenvalue weighted by Crippen LogP contribution is 2.28. The summed E-state index contributed by atoms with van der Waals surface area (Å²) in [5.41, 5.74) is 6.05. The number of nitrogens with two attached hydrogens (primary N) is 1. The monoisotopic (exact) mass is 425 g/mol. The van der Waals surface area contributed by atoms with Gasteiger partial charge >= 0.3 is 0 Å². The number of para-hydroxylation sites is 1. The van der Waals surface area contributed by atoms with E-state index in [0.29, 0.717) is 14.9 Å². The third kappa shape index (κ3) is 4.04. The Labute approximate surface area is 163 Å². The van der Waals surface area contributed by atoms with Crippen LogP contribution in [0.15, 0.2) is 58.6 Å². The van der Waals surface area contributed by atoms with E-state index in [2.05, 4.69) is 10.1 Å². The van der Waals surface area contributed by atoms with E-state index in [1.54, 1.807) is 12.1 Å². The molecule has 0 aliphatic rings. The van der Waals surface area contributed by atoms with Gasteiger partial charge in [0.1, 0.15) is 0 Å². The molecule has 0 unspecified atom stereocenters. The van der Waals surface area contributed by atoms with E-state index in [9.17, 15) is 18.5 Å². The van der Waals surface area contributed by atoms with Crippen molar-refractivity contribution in [1.82, 2.24) is 14.2 Å². The number of nitrogens with zero attached hydrogens (tertiary/aromatic N) is 4. The number of anilines is 1. The van der Waals surface area contributed by atoms with Crippen LogP contribution in [-0.4, -0.2) is 27.5 Å². The third-order valence-corrected chi connectivity index (χ3v) is 6.22. The fourth-order valence-electron chi connectivity index (χ4n) is 2.18. The quantitative estimate of drug-likeness (QED) is 0.362. The van der Waals surface area contributed by atoms with Crippen molar-refractivity contribution < 1.29 is 13.3 Å². The summed E-state index contributed by atoms with van der Waals surface area (Å²) in [6.07, 6.45) is 0. The van der Waals surface area contributed by atoms with Gasteiger partial charge in [0.05, 0.1) is 4.92 Å². The average Bonchev–Trinajstić information content (AvgIpc) is 3.03. The Morgan fingerprint density at radius 3 is 2.52 bits per heavy atom. The van der Waals surface area contributed by atoms with Crippen molar-refractivity contribution in [2.24, 2.45) is 0 Å². The lowest BCUT2D eigenvalue weighted by molar-refractivity contribution is -0.387. The molecule has 0 spiro atoms. The number of benzene rings is 2. The van der Waals surface area contributed by atoms with Gasteiger partial charge in [0, 0.05) is 16.8 Å². The molecule has 0 saturated carbocycles. The van der Waals surface area contributed by atoms with Gasteiger partial charge in [-0.1, -0.05) is 47.6 Å².